The molecule has 0 heterocycles. The molecule has 1 amide bonds. The van der Waals surface area contributed by atoms with Crippen LogP contribution < -0.4 is 0 Å². The molecule has 0 atom stereocenters. The molecule has 0 spiro atoms. The van der Waals surface area contributed by atoms with Crippen LogP contribution in [0, 0.1) is 5.41 Å². The smallest absolute Gasteiger partial charge is 0.440 e. The molecule has 0 aromatic heterocycles. The second-order valence-electron chi connectivity index (χ2n) is 6.90. The van der Waals surface area contributed by atoms with Crippen molar-refractivity contribution in [2.24, 2.45) is 5.41 Å². The van der Waals surface area contributed by atoms with Crippen LogP contribution in [0.4, 0.5) is 4.79 Å². The molecule has 7 heteroatoms. The Kier molecular flexibility index (Phi) is 7.40. The molecule has 0 aliphatic carbocycles. The van der Waals surface area contributed by atoms with Crippen LogP contribution in [-0.2, 0) is 18.3 Å². The first kappa shape index (κ1) is 20.4. The standard InChI is InChI=1S/C14H30NO5P/c1-9-18-21(17,19-10-2)15(11-13(3,4)5)12(16)20-14(6,7)8/h9-11H2,1-8H3. The van der Waals surface area contributed by atoms with Crippen molar-refractivity contribution in [2.45, 2.75) is 61.0 Å². The summed E-state index contributed by atoms with van der Waals surface area (Å²) in [6.07, 6.45) is -0.692. The number of ether oxygens (including phenoxy) is 1. The predicted molar refractivity (Wildman–Crippen MR) is 83.3 cm³/mol. The SMILES string of the molecule is CCOP(=O)(OCC)N(CC(C)(C)C)C(=O)OC(C)(C)C. The molecule has 0 rings (SSSR count). The van der Waals surface area contributed by atoms with E-state index in [9.17, 15) is 9.36 Å². The van der Waals surface area contributed by atoms with Gasteiger partial charge in [0, 0.05) is 6.54 Å². The largest absolute Gasteiger partial charge is 0.443 e. The number of rotatable bonds is 6. The fourth-order valence-electron chi connectivity index (χ4n) is 1.52. The first-order chi connectivity index (χ1) is 9.34. The summed E-state index contributed by atoms with van der Waals surface area (Å²) in [7, 11) is -3.71. The lowest BCUT2D eigenvalue weighted by atomic mass is 9.97. The van der Waals surface area contributed by atoms with E-state index in [1.165, 1.54) is 0 Å². The zero-order valence-corrected chi connectivity index (χ0v) is 15.5. The molecule has 0 saturated carbocycles. The highest BCUT2D eigenvalue weighted by atomic mass is 31.2. The maximum atomic E-state index is 12.9. The summed E-state index contributed by atoms with van der Waals surface area (Å²) < 4.78 is 29.9. The highest BCUT2D eigenvalue weighted by molar-refractivity contribution is 7.52. The van der Waals surface area contributed by atoms with Crippen molar-refractivity contribution in [3.05, 3.63) is 0 Å². The Morgan fingerprint density at radius 1 is 1.00 bits per heavy atom. The minimum atomic E-state index is -3.71. The molecular weight excluding hydrogens is 293 g/mol. The second-order valence-corrected chi connectivity index (χ2v) is 8.84. The lowest BCUT2D eigenvalue weighted by Crippen LogP contribution is -2.40. The summed E-state index contributed by atoms with van der Waals surface area (Å²) in [5.74, 6) is 0. The topological polar surface area (TPSA) is 65.1 Å². The molecule has 0 aliphatic rings. The van der Waals surface area contributed by atoms with Crippen LogP contribution in [0.15, 0.2) is 0 Å². The highest BCUT2D eigenvalue weighted by Gasteiger charge is 2.41. The Morgan fingerprint density at radius 3 is 1.71 bits per heavy atom. The van der Waals surface area contributed by atoms with Crippen LogP contribution in [0.1, 0.15) is 55.4 Å². The normalized spacial score (nSPS) is 13.1. The third-order valence-electron chi connectivity index (χ3n) is 2.11. The zero-order valence-electron chi connectivity index (χ0n) is 14.6. The lowest BCUT2D eigenvalue weighted by Gasteiger charge is -2.35. The third kappa shape index (κ3) is 7.84. The Hall–Kier alpha value is -0.580. The van der Waals surface area contributed by atoms with Crippen LogP contribution in [0.5, 0.6) is 0 Å². The maximum absolute atomic E-state index is 12.9. The number of carbonyl (C=O) groups excluding carboxylic acids is 1. The van der Waals surface area contributed by atoms with E-state index in [4.69, 9.17) is 13.8 Å². The second kappa shape index (κ2) is 7.61. The van der Waals surface area contributed by atoms with Gasteiger partial charge in [-0.3, -0.25) is 9.05 Å². The molecule has 0 fully saturated rings. The summed E-state index contributed by atoms with van der Waals surface area (Å²) in [4.78, 5) is 12.4. The predicted octanol–water partition coefficient (Wildman–Crippen LogP) is 4.45. The number of amides is 1. The van der Waals surface area contributed by atoms with E-state index >= 15 is 0 Å². The minimum absolute atomic E-state index is 0.181. The van der Waals surface area contributed by atoms with Gasteiger partial charge in [-0.2, -0.15) is 0 Å². The van der Waals surface area contributed by atoms with Gasteiger partial charge in [-0.05, 0) is 40.0 Å². The van der Waals surface area contributed by atoms with Crippen LogP contribution in [0.3, 0.4) is 0 Å². The molecule has 21 heavy (non-hydrogen) atoms. The summed E-state index contributed by atoms with van der Waals surface area (Å²) in [5, 5.41) is 0. The van der Waals surface area contributed by atoms with Gasteiger partial charge >= 0.3 is 13.8 Å². The van der Waals surface area contributed by atoms with Gasteiger partial charge in [0.05, 0.1) is 13.2 Å². The number of carbonyl (C=O) groups is 1. The van der Waals surface area contributed by atoms with Crippen molar-refractivity contribution in [1.29, 1.82) is 0 Å². The van der Waals surface area contributed by atoms with Gasteiger partial charge in [0.2, 0.25) is 0 Å². The van der Waals surface area contributed by atoms with Gasteiger partial charge in [-0.25, -0.2) is 14.0 Å². The van der Waals surface area contributed by atoms with E-state index in [-0.39, 0.29) is 25.2 Å². The molecule has 0 saturated heterocycles. The fourth-order valence-corrected chi connectivity index (χ4v) is 3.36. The third-order valence-corrected chi connectivity index (χ3v) is 4.17. The highest BCUT2D eigenvalue weighted by Crippen LogP contribution is 2.53. The van der Waals surface area contributed by atoms with E-state index in [0.717, 1.165) is 4.67 Å². The molecular formula is C14H30NO5P. The molecule has 0 aromatic carbocycles. The fraction of sp³-hybridized carbons (Fsp3) is 0.929. The first-order valence-electron chi connectivity index (χ1n) is 7.25. The number of hydrogen-bond donors (Lipinski definition) is 0. The van der Waals surface area contributed by atoms with Crippen molar-refractivity contribution in [1.82, 2.24) is 4.67 Å². The molecule has 0 bridgehead atoms. The minimum Gasteiger partial charge on any atom is -0.443 e. The molecule has 126 valence electrons. The van der Waals surface area contributed by atoms with Crippen molar-refractivity contribution in [2.75, 3.05) is 19.8 Å². The summed E-state index contributed by atoms with van der Waals surface area (Å²) >= 11 is 0. The quantitative estimate of drug-likeness (QED) is 0.676. The van der Waals surface area contributed by atoms with Crippen molar-refractivity contribution in [3.8, 4) is 0 Å². The van der Waals surface area contributed by atoms with Crippen molar-refractivity contribution < 1.29 is 23.1 Å². The number of hydrogen-bond acceptors (Lipinski definition) is 5. The lowest BCUT2D eigenvalue weighted by molar-refractivity contribution is 0.0270. The van der Waals surface area contributed by atoms with E-state index in [1.54, 1.807) is 34.6 Å². The molecule has 6 nitrogen and oxygen atoms in total. The average Bonchev–Trinajstić information content (AvgIpc) is 2.22. The summed E-state index contributed by atoms with van der Waals surface area (Å²) in [6.45, 7) is 15.1. The Morgan fingerprint density at radius 2 is 1.43 bits per heavy atom. The molecule has 0 aliphatic heterocycles. The van der Waals surface area contributed by atoms with E-state index in [2.05, 4.69) is 0 Å². The van der Waals surface area contributed by atoms with E-state index in [1.807, 2.05) is 20.8 Å². The zero-order chi connectivity index (χ0) is 16.9. The van der Waals surface area contributed by atoms with E-state index < -0.39 is 19.4 Å². The van der Waals surface area contributed by atoms with Gasteiger partial charge in [0.25, 0.3) is 0 Å². The van der Waals surface area contributed by atoms with Gasteiger partial charge in [-0.1, -0.05) is 20.8 Å². The van der Waals surface area contributed by atoms with Gasteiger partial charge in [0.1, 0.15) is 5.60 Å². The molecule has 0 aromatic rings. The van der Waals surface area contributed by atoms with Crippen LogP contribution in [0.25, 0.3) is 0 Å². The van der Waals surface area contributed by atoms with Crippen LogP contribution in [0.2, 0.25) is 0 Å². The van der Waals surface area contributed by atoms with Gasteiger partial charge < -0.3 is 4.74 Å². The molecule has 0 radical (unpaired) electrons. The van der Waals surface area contributed by atoms with Gasteiger partial charge in [-0.15, -0.1) is 0 Å². The summed E-state index contributed by atoms with van der Waals surface area (Å²) in [5.41, 5.74) is -0.961. The Bertz CT molecular complexity index is 374. The first-order valence-corrected chi connectivity index (χ1v) is 8.74. The Balaban J connectivity index is 5.47. The maximum Gasteiger partial charge on any atom is 0.440 e. The monoisotopic (exact) mass is 323 g/mol. The van der Waals surface area contributed by atoms with Crippen molar-refractivity contribution in [3.63, 3.8) is 0 Å². The van der Waals surface area contributed by atoms with Crippen LogP contribution in [-0.4, -0.2) is 36.1 Å². The van der Waals surface area contributed by atoms with Crippen LogP contribution >= 0.6 is 7.75 Å². The number of nitrogens with zero attached hydrogens (tertiary/aromatic N) is 1. The molecule has 0 N–H and O–H groups in total. The summed E-state index contributed by atoms with van der Waals surface area (Å²) in [6, 6.07) is 0. The van der Waals surface area contributed by atoms with Gasteiger partial charge in [0.15, 0.2) is 0 Å². The Labute approximate surface area is 128 Å². The molecule has 0 unspecified atom stereocenters. The van der Waals surface area contributed by atoms with Crippen molar-refractivity contribution >= 4 is 13.8 Å². The average molecular weight is 323 g/mol. The van der Waals surface area contributed by atoms with E-state index in [0.29, 0.717) is 0 Å².